The summed E-state index contributed by atoms with van der Waals surface area (Å²) >= 11 is 6.03. The number of nitrogens with zero attached hydrogens (tertiary/aromatic N) is 1. The molecule has 8 heteroatoms. The van der Waals surface area contributed by atoms with Crippen LogP contribution in [0.25, 0.3) is 0 Å². The average Bonchev–Trinajstić information content (AvgIpc) is 2.55. The third-order valence-corrected chi connectivity index (χ3v) is 5.24. The molecule has 0 bridgehead atoms. The molecule has 2 rings (SSSR count). The maximum atomic E-state index is 12.2. The molecule has 0 aliphatic carbocycles. The molecular formula is C18H21ClN2O4S. The molecule has 0 fully saturated rings. The van der Waals surface area contributed by atoms with Crippen LogP contribution in [0.5, 0.6) is 5.75 Å². The highest BCUT2D eigenvalue weighted by Crippen LogP contribution is 2.27. The Hall–Kier alpha value is -2.25. The van der Waals surface area contributed by atoms with Gasteiger partial charge < -0.3 is 10.1 Å². The number of carbonyl (C=O) groups is 1. The van der Waals surface area contributed by atoms with Crippen molar-refractivity contribution in [1.82, 2.24) is 0 Å². The molecule has 0 saturated carbocycles. The number of hydrogen-bond donors (Lipinski definition) is 1. The van der Waals surface area contributed by atoms with E-state index in [-0.39, 0.29) is 18.9 Å². The standard InChI is InChI=1S/C18H21ClN2O4S/c1-13-6-4-5-7-16(13)21(26(3,23)24)11-10-18(22)20-14-8-9-17(25-2)15(19)12-14/h4-9,12H,10-11H2,1-3H3,(H,20,22). The number of carbonyl (C=O) groups excluding carboxylic acids is 1. The Labute approximate surface area is 158 Å². The van der Waals surface area contributed by atoms with Gasteiger partial charge in [-0.05, 0) is 36.8 Å². The molecule has 0 radical (unpaired) electrons. The predicted molar refractivity (Wildman–Crippen MR) is 105 cm³/mol. The second kappa shape index (κ2) is 8.42. The number of ether oxygens (including phenoxy) is 1. The minimum absolute atomic E-state index is 0.00501. The van der Waals surface area contributed by atoms with E-state index in [9.17, 15) is 13.2 Å². The van der Waals surface area contributed by atoms with Crippen molar-refractivity contribution in [2.75, 3.05) is 29.5 Å². The van der Waals surface area contributed by atoms with Crippen LogP contribution in [0.4, 0.5) is 11.4 Å². The summed E-state index contributed by atoms with van der Waals surface area (Å²) in [6.45, 7) is 1.87. The van der Waals surface area contributed by atoms with Crippen molar-refractivity contribution in [2.24, 2.45) is 0 Å². The number of para-hydroxylation sites is 1. The van der Waals surface area contributed by atoms with Gasteiger partial charge in [-0.1, -0.05) is 29.8 Å². The third kappa shape index (κ3) is 5.12. The molecule has 0 aliphatic rings. The average molecular weight is 397 g/mol. The topological polar surface area (TPSA) is 75.7 Å². The van der Waals surface area contributed by atoms with E-state index in [1.807, 2.05) is 19.1 Å². The number of rotatable bonds is 7. The van der Waals surface area contributed by atoms with Gasteiger partial charge in [0.25, 0.3) is 0 Å². The zero-order valence-electron chi connectivity index (χ0n) is 14.8. The zero-order chi connectivity index (χ0) is 19.3. The van der Waals surface area contributed by atoms with Crippen LogP contribution in [0.3, 0.4) is 0 Å². The Balaban J connectivity index is 2.08. The number of halogens is 1. The van der Waals surface area contributed by atoms with Crippen LogP contribution in [0.2, 0.25) is 5.02 Å². The van der Waals surface area contributed by atoms with Crippen molar-refractivity contribution in [3.63, 3.8) is 0 Å². The number of anilines is 2. The van der Waals surface area contributed by atoms with Gasteiger partial charge in [-0.15, -0.1) is 0 Å². The summed E-state index contributed by atoms with van der Waals surface area (Å²) in [4.78, 5) is 12.2. The van der Waals surface area contributed by atoms with Crippen LogP contribution in [-0.2, 0) is 14.8 Å². The lowest BCUT2D eigenvalue weighted by atomic mass is 10.2. The lowest BCUT2D eigenvalue weighted by Gasteiger charge is -2.23. The first kappa shape index (κ1) is 20.1. The van der Waals surface area contributed by atoms with E-state index in [0.717, 1.165) is 11.8 Å². The predicted octanol–water partition coefficient (Wildman–Crippen LogP) is 3.45. The molecule has 26 heavy (non-hydrogen) atoms. The van der Waals surface area contributed by atoms with Gasteiger partial charge in [0.15, 0.2) is 0 Å². The van der Waals surface area contributed by atoms with Gasteiger partial charge in [0.05, 0.1) is 24.1 Å². The molecule has 0 heterocycles. The van der Waals surface area contributed by atoms with Crippen LogP contribution >= 0.6 is 11.6 Å². The molecule has 0 atom stereocenters. The molecule has 2 aromatic rings. The zero-order valence-corrected chi connectivity index (χ0v) is 16.4. The first-order valence-corrected chi connectivity index (χ1v) is 10.1. The Bertz CT molecular complexity index is 900. The van der Waals surface area contributed by atoms with Gasteiger partial charge >= 0.3 is 0 Å². The fourth-order valence-electron chi connectivity index (χ4n) is 2.48. The minimum atomic E-state index is -3.51. The summed E-state index contributed by atoms with van der Waals surface area (Å²) in [5.41, 5.74) is 1.90. The van der Waals surface area contributed by atoms with Gasteiger partial charge in [-0.25, -0.2) is 8.42 Å². The van der Waals surface area contributed by atoms with Gasteiger partial charge in [0, 0.05) is 18.7 Å². The lowest BCUT2D eigenvalue weighted by molar-refractivity contribution is -0.116. The Morgan fingerprint density at radius 2 is 1.92 bits per heavy atom. The van der Waals surface area contributed by atoms with Crippen LogP contribution in [0, 0.1) is 6.92 Å². The van der Waals surface area contributed by atoms with Crippen molar-refractivity contribution < 1.29 is 17.9 Å². The fraction of sp³-hybridized carbons (Fsp3) is 0.278. The van der Waals surface area contributed by atoms with E-state index in [1.165, 1.54) is 11.4 Å². The lowest BCUT2D eigenvalue weighted by Crippen LogP contribution is -2.33. The van der Waals surface area contributed by atoms with E-state index in [0.29, 0.717) is 22.1 Å². The molecule has 1 N–H and O–H groups in total. The number of nitrogens with one attached hydrogen (secondary N) is 1. The minimum Gasteiger partial charge on any atom is -0.495 e. The fourth-order valence-corrected chi connectivity index (χ4v) is 3.72. The number of benzene rings is 2. The number of amides is 1. The molecule has 2 aromatic carbocycles. The van der Waals surface area contributed by atoms with Crippen LogP contribution in [0.1, 0.15) is 12.0 Å². The Morgan fingerprint density at radius 3 is 2.50 bits per heavy atom. The highest BCUT2D eigenvalue weighted by atomic mass is 35.5. The smallest absolute Gasteiger partial charge is 0.232 e. The molecular weight excluding hydrogens is 376 g/mol. The van der Waals surface area contributed by atoms with Gasteiger partial charge in [-0.2, -0.15) is 0 Å². The largest absolute Gasteiger partial charge is 0.495 e. The van der Waals surface area contributed by atoms with Gasteiger partial charge in [-0.3, -0.25) is 9.10 Å². The first-order valence-electron chi connectivity index (χ1n) is 7.89. The second-order valence-corrected chi connectivity index (χ2v) is 8.08. The Kier molecular flexibility index (Phi) is 6.50. The monoisotopic (exact) mass is 396 g/mol. The maximum Gasteiger partial charge on any atom is 0.232 e. The molecule has 0 saturated heterocycles. The highest BCUT2D eigenvalue weighted by molar-refractivity contribution is 7.92. The molecule has 1 amide bonds. The summed E-state index contributed by atoms with van der Waals surface area (Å²) in [7, 11) is -2.00. The SMILES string of the molecule is COc1ccc(NC(=O)CCN(c2ccccc2C)S(C)(=O)=O)cc1Cl. The van der Waals surface area contributed by atoms with Crippen molar-refractivity contribution >= 4 is 38.9 Å². The first-order chi connectivity index (χ1) is 12.2. The van der Waals surface area contributed by atoms with E-state index in [4.69, 9.17) is 16.3 Å². The highest BCUT2D eigenvalue weighted by Gasteiger charge is 2.20. The molecule has 6 nitrogen and oxygen atoms in total. The normalized spacial score (nSPS) is 11.1. The summed E-state index contributed by atoms with van der Waals surface area (Å²) in [5.74, 6) is 0.195. The van der Waals surface area contributed by atoms with Crippen LogP contribution < -0.4 is 14.4 Å². The second-order valence-electron chi connectivity index (χ2n) is 5.77. The van der Waals surface area contributed by atoms with E-state index < -0.39 is 10.0 Å². The third-order valence-electron chi connectivity index (χ3n) is 3.76. The van der Waals surface area contributed by atoms with E-state index in [2.05, 4.69) is 5.32 Å². The van der Waals surface area contributed by atoms with E-state index in [1.54, 1.807) is 30.3 Å². The summed E-state index contributed by atoms with van der Waals surface area (Å²) < 4.78 is 30.6. The van der Waals surface area contributed by atoms with Gasteiger partial charge in [0.2, 0.25) is 15.9 Å². The van der Waals surface area contributed by atoms with Gasteiger partial charge in [0.1, 0.15) is 5.75 Å². The van der Waals surface area contributed by atoms with Crippen molar-refractivity contribution in [3.8, 4) is 5.75 Å². The number of aryl methyl sites for hydroxylation is 1. The van der Waals surface area contributed by atoms with E-state index >= 15 is 0 Å². The van der Waals surface area contributed by atoms with Crippen LogP contribution in [0.15, 0.2) is 42.5 Å². The van der Waals surface area contributed by atoms with Crippen LogP contribution in [-0.4, -0.2) is 34.2 Å². The number of methoxy groups -OCH3 is 1. The number of sulfonamides is 1. The van der Waals surface area contributed by atoms with Crippen molar-refractivity contribution in [3.05, 3.63) is 53.1 Å². The summed E-state index contributed by atoms with van der Waals surface area (Å²) in [6.07, 6.45) is 1.13. The molecule has 0 aliphatic heterocycles. The van der Waals surface area contributed by atoms with Crippen molar-refractivity contribution in [2.45, 2.75) is 13.3 Å². The number of hydrogen-bond acceptors (Lipinski definition) is 4. The molecule has 140 valence electrons. The van der Waals surface area contributed by atoms with Crippen molar-refractivity contribution in [1.29, 1.82) is 0 Å². The molecule has 0 aromatic heterocycles. The molecule has 0 spiro atoms. The molecule has 0 unspecified atom stereocenters. The quantitative estimate of drug-likeness (QED) is 0.777. The summed E-state index contributed by atoms with van der Waals surface area (Å²) in [6, 6.07) is 12.0. The summed E-state index contributed by atoms with van der Waals surface area (Å²) in [5, 5.41) is 3.08. The maximum absolute atomic E-state index is 12.2. The Morgan fingerprint density at radius 1 is 1.23 bits per heavy atom.